The van der Waals surface area contributed by atoms with E-state index in [1.807, 2.05) is 31.2 Å². The van der Waals surface area contributed by atoms with Crippen LogP contribution in [-0.2, 0) is 14.3 Å². The van der Waals surface area contributed by atoms with Gasteiger partial charge in [0.15, 0.2) is 0 Å². The van der Waals surface area contributed by atoms with Crippen LogP contribution in [0.1, 0.15) is 11.4 Å². The van der Waals surface area contributed by atoms with E-state index in [4.69, 9.17) is 4.74 Å². The van der Waals surface area contributed by atoms with Crippen molar-refractivity contribution in [2.75, 3.05) is 43.1 Å². The Morgan fingerprint density at radius 3 is 2.61 bits per heavy atom. The highest BCUT2D eigenvalue weighted by Crippen LogP contribution is 2.31. The summed E-state index contributed by atoms with van der Waals surface area (Å²) in [6.07, 6.45) is 1.57. The molecule has 2 saturated heterocycles. The first-order valence-electron chi connectivity index (χ1n) is 9.91. The van der Waals surface area contributed by atoms with Crippen molar-refractivity contribution in [3.63, 3.8) is 0 Å². The molecule has 4 rings (SSSR count). The lowest BCUT2D eigenvalue weighted by atomic mass is 10.2. The Hall–Kier alpha value is -3.17. The average molecular weight is 439 g/mol. The molecule has 0 bridgehead atoms. The fourth-order valence-corrected chi connectivity index (χ4v) is 4.16. The van der Waals surface area contributed by atoms with Gasteiger partial charge in [0.1, 0.15) is 6.54 Å². The van der Waals surface area contributed by atoms with Crippen molar-refractivity contribution in [2.24, 2.45) is 0 Å². The van der Waals surface area contributed by atoms with Gasteiger partial charge in [0.05, 0.1) is 23.8 Å². The van der Waals surface area contributed by atoms with Crippen LogP contribution in [0.25, 0.3) is 6.08 Å². The topological polar surface area (TPSA) is 91.8 Å². The molecule has 0 unspecified atom stereocenters. The summed E-state index contributed by atoms with van der Waals surface area (Å²) in [6.45, 7) is 4.57. The van der Waals surface area contributed by atoms with Crippen LogP contribution in [0.4, 0.5) is 16.2 Å². The summed E-state index contributed by atoms with van der Waals surface area (Å²) in [5.74, 6) is -0.924. The van der Waals surface area contributed by atoms with Gasteiger partial charge in [0, 0.05) is 30.2 Å². The summed E-state index contributed by atoms with van der Waals surface area (Å²) in [6, 6.07) is 12.9. The highest BCUT2D eigenvalue weighted by Gasteiger charge is 2.36. The molecule has 2 fully saturated rings. The molecular formula is C22H22N4O4S. The molecule has 1 aromatic heterocycles. The lowest BCUT2D eigenvalue weighted by molar-refractivity contribution is -0.127. The van der Waals surface area contributed by atoms with E-state index in [0.717, 1.165) is 41.1 Å². The Balaban J connectivity index is 1.37. The molecule has 31 heavy (non-hydrogen) atoms. The van der Waals surface area contributed by atoms with Crippen molar-refractivity contribution < 1.29 is 19.1 Å². The Kier molecular flexibility index (Phi) is 6.34. The van der Waals surface area contributed by atoms with Gasteiger partial charge < -0.3 is 15.0 Å². The molecule has 0 spiro atoms. The van der Waals surface area contributed by atoms with Gasteiger partial charge in [0.25, 0.3) is 11.1 Å². The van der Waals surface area contributed by atoms with Gasteiger partial charge in [-0.2, -0.15) is 0 Å². The third kappa shape index (κ3) is 5.12. The second-order valence-corrected chi connectivity index (χ2v) is 8.16. The van der Waals surface area contributed by atoms with E-state index in [2.05, 4.69) is 15.2 Å². The number of morpholine rings is 1. The van der Waals surface area contributed by atoms with Crippen LogP contribution in [0.15, 0.2) is 47.4 Å². The van der Waals surface area contributed by atoms with Crippen molar-refractivity contribution in [1.82, 2.24) is 9.88 Å². The minimum Gasteiger partial charge on any atom is -0.378 e. The van der Waals surface area contributed by atoms with Gasteiger partial charge in [-0.25, -0.2) is 0 Å². The normalized spacial score (nSPS) is 18.0. The Bertz CT molecular complexity index is 1030. The first-order valence-corrected chi connectivity index (χ1v) is 10.7. The number of hydrogen-bond acceptors (Lipinski definition) is 7. The number of amides is 3. The number of thioether (sulfide) groups is 1. The van der Waals surface area contributed by atoms with Crippen LogP contribution in [0, 0.1) is 6.92 Å². The highest BCUT2D eigenvalue weighted by molar-refractivity contribution is 8.18. The molecule has 3 heterocycles. The van der Waals surface area contributed by atoms with Gasteiger partial charge in [-0.1, -0.05) is 6.07 Å². The largest absolute Gasteiger partial charge is 0.378 e. The molecule has 0 atom stereocenters. The average Bonchev–Trinajstić information content (AvgIpc) is 3.02. The number of aryl methyl sites for hydroxylation is 1. The monoisotopic (exact) mass is 438 g/mol. The molecule has 0 radical (unpaired) electrons. The van der Waals surface area contributed by atoms with Crippen molar-refractivity contribution in [3.05, 3.63) is 58.8 Å². The maximum Gasteiger partial charge on any atom is 0.294 e. The molecule has 8 nitrogen and oxygen atoms in total. The van der Waals surface area contributed by atoms with Gasteiger partial charge in [-0.05, 0) is 61.2 Å². The lowest BCUT2D eigenvalue weighted by Gasteiger charge is -2.28. The minimum absolute atomic E-state index is 0.255. The maximum atomic E-state index is 12.6. The van der Waals surface area contributed by atoms with Crippen LogP contribution >= 0.6 is 11.8 Å². The molecule has 160 valence electrons. The number of pyridine rings is 1. The minimum atomic E-state index is -0.490. The fourth-order valence-electron chi connectivity index (χ4n) is 3.34. The molecule has 2 aromatic rings. The second kappa shape index (κ2) is 9.32. The van der Waals surface area contributed by atoms with E-state index < -0.39 is 17.1 Å². The zero-order valence-electron chi connectivity index (χ0n) is 17.0. The number of benzene rings is 1. The van der Waals surface area contributed by atoms with E-state index in [1.54, 1.807) is 24.3 Å². The Morgan fingerprint density at radius 1 is 1.16 bits per heavy atom. The van der Waals surface area contributed by atoms with Crippen LogP contribution < -0.4 is 10.2 Å². The standard InChI is InChI=1S/C22H22N4O4S/c1-15-3-2-4-17(23-15)13-19-21(28)26(22(29)31-19)14-20(27)24-16-5-7-18(8-6-16)25-9-11-30-12-10-25/h2-8,13H,9-12,14H2,1H3,(H,24,27)/b19-13+. The number of rotatable bonds is 5. The van der Waals surface area contributed by atoms with Crippen LogP contribution in [0.5, 0.6) is 0 Å². The number of hydrogen-bond donors (Lipinski definition) is 1. The fraction of sp³-hybridized carbons (Fsp3) is 0.273. The molecular weight excluding hydrogens is 416 g/mol. The lowest BCUT2D eigenvalue weighted by Crippen LogP contribution is -2.36. The number of anilines is 2. The predicted molar refractivity (Wildman–Crippen MR) is 120 cm³/mol. The number of carbonyl (C=O) groups excluding carboxylic acids is 3. The van der Waals surface area contributed by atoms with E-state index in [9.17, 15) is 14.4 Å². The summed E-state index contributed by atoms with van der Waals surface area (Å²) in [4.78, 5) is 45.0. The first-order chi connectivity index (χ1) is 15.0. The molecule has 1 aromatic carbocycles. The second-order valence-electron chi connectivity index (χ2n) is 7.17. The van der Waals surface area contributed by atoms with Crippen LogP contribution in [0.2, 0.25) is 0 Å². The molecule has 0 saturated carbocycles. The third-order valence-corrected chi connectivity index (χ3v) is 5.80. The van der Waals surface area contributed by atoms with Crippen molar-refractivity contribution in [3.8, 4) is 0 Å². The van der Waals surface area contributed by atoms with E-state index >= 15 is 0 Å². The van der Waals surface area contributed by atoms with E-state index in [-0.39, 0.29) is 11.4 Å². The van der Waals surface area contributed by atoms with Crippen LogP contribution in [-0.4, -0.2) is 59.8 Å². The van der Waals surface area contributed by atoms with Gasteiger partial charge >= 0.3 is 0 Å². The van der Waals surface area contributed by atoms with E-state index in [0.29, 0.717) is 24.6 Å². The molecule has 0 aliphatic carbocycles. The number of carbonyl (C=O) groups is 3. The van der Waals surface area contributed by atoms with Gasteiger partial charge in [0.2, 0.25) is 5.91 Å². The SMILES string of the molecule is Cc1cccc(/C=C2/SC(=O)N(CC(=O)Nc3ccc(N4CCOCC4)cc3)C2=O)n1. The smallest absolute Gasteiger partial charge is 0.294 e. The first kappa shape index (κ1) is 21.1. The molecule has 1 N–H and O–H groups in total. The number of nitrogens with one attached hydrogen (secondary N) is 1. The van der Waals surface area contributed by atoms with Gasteiger partial charge in [-0.3, -0.25) is 24.3 Å². The van der Waals surface area contributed by atoms with Crippen molar-refractivity contribution >= 4 is 46.3 Å². The third-order valence-electron chi connectivity index (χ3n) is 4.89. The molecule has 2 aliphatic heterocycles. The molecule has 9 heteroatoms. The predicted octanol–water partition coefficient (Wildman–Crippen LogP) is 2.90. The van der Waals surface area contributed by atoms with E-state index in [1.165, 1.54) is 0 Å². The summed E-state index contributed by atoms with van der Waals surface area (Å²) in [5, 5.41) is 2.27. The van der Waals surface area contributed by atoms with Crippen molar-refractivity contribution in [2.45, 2.75) is 6.92 Å². The highest BCUT2D eigenvalue weighted by atomic mass is 32.2. The molecule has 2 aliphatic rings. The number of imide groups is 1. The zero-order chi connectivity index (χ0) is 21.8. The quantitative estimate of drug-likeness (QED) is 0.718. The summed E-state index contributed by atoms with van der Waals surface area (Å²) in [7, 11) is 0. The Labute approximate surface area is 184 Å². The number of aromatic nitrogens is 1. The Morgan fingerprint density at radius 2 is 1.90 bits per heavy atom. The van der Waals surface area contributed by atoms with Gasteiger partial charge in [-0.15, -0.1) is 0 Å². The summed E-state index contributed by atoms with van der Waals surface area (Å²) < 4.78 is 5.36. The molecule has 3 amide bonds. The van der Waals surface area contributed by atoms with Crippen molar-refractivity contribution in [1.29, 1.82) is 0 Å². The maximum absolute atomic E-state index is 12.6. The number of ether oxygens (including phenoxy) is 1. The number of nitrogens with zero attached hydrogens (tertiary/aromatic N) is 3. The summed E-state index contributed by atoms with van der Waals surface area (Å²) >= 11 is 0.811. The zero-order valence-corrected chi connectivity index (χ0v) is 17.9. The summed E-state index contributed by atoms with van der Waals surface area (Å²) in [5.41, 5.74) is 3.07. The van der Waals surface area contributed by atoms with Crippen LogP contribution in [0.3, 0.4) is 0 Å².